The maximum atomic E-state index is 13.9. The Morgan fingerprint density at radius 2 is 1.73 bits per heavy atom. The van der Waals surface area contributed by atoms with Crippen LogP contribution in [0.2, 0.25) is 5.02 Å². The van der Waals surface area contributed by atoms with Crippen molar-refractivity contribution in [3.8, 4) is 11.1 Å². The molecular weight excluding hydrogens is 532 g/mol. The molecule has 2 fully saturated rings. The number of nitrogens with zero attached hydrogens (tertiary/aromatic N) is 5. The summed E-state index contributed by atoms with van der Waals surface area (Å²) in [5, 5.41) is 14.4. The van der Waals surface area contributed by atoms with Gasteiger partial charge in [-0.3, -0.25) is 9.58 Å². The molecule has 2 aliphatic heterocycles. The van der Waals surface area contributed by atoms with Crippen LogP contribution in [0, 0.1) is 5.41 Å². The Hall–Kier alpha value is -2.68. The van der Waals surface area contributed by atoms with Crippen LogP contribution in [0.1, 0.15) is 57.3 Å². The lowest BCUT2D eigenvalue weighted by molar-refractivity contribution is 0.130. The van der Waals surface area contributed by atoms with Gasteiger partial charge in [0, 0.05) is 73.3 Å². The molecule has 6 nitrogen and oxygen atoms in total. The van der Waals surface area contributed by atoms with Gasteiger partial charge in [-0.25, -0.2) is 8.78 Å². The summed E-state index contributed by atoms with van der Waals surface area (Å²) < 4.78 is 29.1. The van der Waals surface area contributed by atoms with Crippen molar-refractivity contribution in [1.82, 2.24) is 14.7 Å². The molecule has 40 heavy (non-hydrogen) atoms. The van der Waals surface area contributed by atoms with E-state index in [2.05, 4.69) is 64.8 Å². The van der Waals surface area contributed by atoms with Gasteiger partial charge in [0.05, 0.1) is 18.8 Å². The van der Waals surface area contributed by atoms with Gasteiger partial charge in [-0.15, -0.1) is 0 Å². The Kier molecular flexibility index (Phi) is 8.69. The summed E-state index contributed by atoms with van der Waals surface area (Å²) in [5.74, 6) is 0. The average Bonchev–Trinajstić information content (AvgIpc) is 3.38. The van der Waals surface area contributed by atoms with E-state index in [-0.39, 0.29) is 17.3 Å². The molecule has 0 saturated carbocycles. The fourth-order valence-electron chi connectivity index (χ4n) is 6.13. The number of piperazine rings is 1. The second-order valence-electron chi connectivity index (χ2n) is 12.2. The van der Waals surface area contributed by atoms with E-state index in [1.807, 2.05) is 18.2 Å². The lowest BCUT2D eigenvalue weighted by atomic mass is 9.95. The van der Waals surface area contributed by atoms with Crippen LogP contribution in [-0.4, -0.2) is 65.6 Å². The summed E-state index contributed by atoms with van der Waals surface area (Å²) in [6.45, 7) is 13.1. The number of halogens is 3. The number of aliphatic hydroxyl groups is 1. The number of alkyl halides is 2. The molecule has 1 atom stereocenters. The molecule has 0 aliphatic carbocycles. The van der Waals surface area contributed by atoms with Gasteiger partial charge in [-0.1, -0.05) is 50.6 Å². The molecule has 216 valence electrons. The highest BCUT2D eigenvalue weighted by molar-refractivity contribution is 6.31. The van der Waals surface area contributed by atoms with Crippen molar-refractivity contribution in [3.05, 3.63) is 64.9 Å². The number of benzene rings is 2. The van der Waals surface area contributed by atoms with Crippen LogP contribution in [0.15, 0.2) is 48.7 Å². The molecule has 3 aromatic rings. The average molecular weight is 572 g/mol. The van der Waals surface area contributed by atoms with Gasteiger partial charge in [0.25, 0.3) is 6.43 Å². The SMILES string of the molecule is CC(C)(C)CN1CCN(c2ccc(-c3ccc(Cl)cc3N3CCCC(n4ncc(CO)c4C(F)F)C3)cc2)CC1. The van der Waals surface area contributed by atoms with Crippen molar-refractivity contribution in [2.45, 2.75) is 52.7 Å². The molecule has 0 bridgehead atoms. The van der Waals surface area contributed by atoms with Crippen LogP contribution in [0.4, 0.5) is 20.2 Å². The predicted octanol–water partition coefficient (Wildman–Crippen LogP) is 6.64. The van der Waals surface area contributed by atoms with Gasteiger partial charge < -0.3 is 14.9 Å². The molecule has 1 N–H and O–H groups in total. The third-order valence-electron chi connectivity index (χ3n) is 7.95. The molecule has 2 aliphatic rings. The van der Waals surface area contributed by atoms with E-state index in [1.165, 1.54) is 16.6 Å². The van der Waals surface area contributed by atoms with E-state index in [1.54, 1.807) is 0 Å². The molecule has 0 spiro atoms. The first-order valence-corrected chi connectivity index (χ1v) is 14.6. The van der Waals surface area contributed by atoms with Crippen LogP contribution in [0.3, 0.4) is 0 Å². The molecule has 1 aromatic heterocycles. The molecule has 0 radical (unpaired) electrons. The zero-order chi connectivity index (χ0) is 28.4. The summed E-state index contributed by atoms with van der Waals surface area (Å²) >= 11 is 6.46. The quantitative estimate of drug-likeness (QED) is 0.344. The summed E-state index contributed by atoms with van der Waals surface area (Å²) in [4.78, 5) is 7.23. The van der Waals surface area contributed by atoms with Crippen molar-refractivity contribution in [1.29, 1.82) is 0 Å². The minimum Gasteiger partial charge on any atom is -0.392 e. The van der Waals surface area contributed by atoms with Crippen LogP contribution >= 0.6 is 11.6 Å². The van der Waals surface area contributed by atoms with Crippen LogP contribution in [-0.2, 0) is 6.61 Å². The van der Waals surface area contributed by atoms with Crippen molar-refractivity contribution in [3.63, 3.8) is 0 Å². The van der Waals surface area contributed by atoms with E-state index in [4.69, 9.17) is 11.6 Å². The molecular formula is C31H40ClF2N5O. The number of rotatable bonds is 7. The first kappa shape index (κ1) is 28.8. The second-order valence-corrected chi connectivity index (χ2v) is 12.7. The molecule has 0 amide bonds. The monoisotopic (exact) mass is 571 g/mol. The molecule has 1 unspecified atom stereocenters. The maximum Gasteiger partial charge on any atom is 0.280 e. The first-order chi connectivity index (χ1) is 19.1. The van der Waals surface area contributed by atoms with Crippen molar-refractivity contribution in [2.75, 3.05) is 55.6 Å². The number of aromatic nitrogens is 2. The van der Waals surface area contributed by atoms with Gasteiger partial charge in [-0.2, -0.15) is 5.10 Å². The molecule has 2 saturated heterocycles. The van der Waals surface area contributed by atoms with E-state index in [0.717, 1.165) is 68.9 Å². The number of hydrogen-bond donors (Lipinski definition) is 1. The summed E-state index contributed by atoms with van der Waals surface area (Å²) in [5.41, 5.74) is 4.69. The van der Waals surface area contributed by atoms with E-state index >= 15 is 0 Å². The van der Waals surface area contributed by atoms with Gasteiger partial charge in [0.2, 0.25) is 0 Å². The first-order valence-electron chi connectivity index (χ1n) is 14.2. The van der Waals surface area contributed by atoms with Gasteiger partial charge in [-0.05, 0) is 48.1 Å². The van der Waals surface area contributed by atoms with Crippen LogP contribution in [0.5, 0.6) is 0 Å². The van der Waals surface area contributed by atoms with E-state index in [9.17, 15) is 13.9 Å². The number of aliphatic hydroxyl groups excluding tert-OH is 1. The molecule has 3 heterocycles. The predicted molar refractivity (Wildman–Crippen MR) is 159 cm³/mol. The van der Waals surface area contributed by atoms with Crippen molar-refractivity contribution < 1.29 is 13.9 Å². The summed E-state index contributed by atoms with van der Waals surface area (Å²) in [6.07, 6.45) is 0.253. The smallest absolute Gasteiger partial charge is 0.280 e. The Labute approximate surface area is 241 Å². The minimum absolute atomic E-state index is 0.185. The Morgan fingerprint density at radius 3 is 2.38 bits per heavy atom. The number of anilines is 2. The second kappa shape index (κ2) is 12.0. The molecule has 5 rings (SSSR count). The highest BCUT2D eigenvalue weighted by atomic mass is 35.5. The normalized spacial score (nSPS) is 19.1. The Bertz CT molecular complexity index is 1280. The zero-order valence-electron chi connectivity index (χ0n) is 23.7. The Morgan fingerprint density at radius 1 is 1.00 bits per heavy atom. The molecule has 2 aromatic carbocycles. The lowest BCUT2D eigenvalue weighted by Crippen LogP contribution is -2.48. The zero-order valence-corrected chi connectivity index (χ0v) is 24.4. The minimum atomic E-state index is -2.69. The summed E-state index contributed by atoms with van der Waals surface area (Å²) in [6, 6.07) is 14.4. The topological polar surface area (TPSA) is 47.8 Å². The highest BCUT2D eigenvalue weighted by Crippen LogP contribution is 2.38. The van der Waals surface area contributed by atoms with Crippen molar-refractivity contribution >= 4 is 23.0 Å². The fourth-order valence-corrected chi connectivity index (χ4v) is 6.30. The van der Waals surface area contributed by atoms with Crippen molar-refractivity contribution in [2.24, 2.45) is 5.41 Å². The Balaban J connectivity index is 1.34. The third kappa shape index (κ3) is 6.45. The van der Waals surface area contributed by atoms with Gasteiger partial charge in [0.1, 0.15) is 5.69 Å². The molecule has 9 heteroatoms. The van der Waals surface area contributed by atoms with Gasteiger partial charge in [0.15, 0.2) is 0 Å². The fraction of sp³-hybridized carbons (Fsp3) is 0.516. The lowest BCUT2D eigenvalue weighted by Gasteiger charge is -2.39. The highest BCUT2D eigenvalue weighted by Gasteiger charge is 2.29. The van der Waals surface area contributed by atoms with E-state index in [0.29, 0.717) is 17.0 Å². The van der Waals surface area contributed by atoms with Gasteiger partial charge >= 0.3 is 0 Å². The summed E-state index contributed by atoms with van der Waals surface area (Å²) in [7, 11) is 0. The largest absolute Gasteiger partial charge is 0.392 e. The number of piperidine rings is 1. The maximum absolute atomic E-state index is 13.9. The standard InChI is InChI=1S/C31H40ClF2N5O/c1-31(2,3)21-36-13-15-37(16-14-36)25-9-6-22(7-10-25)27-11-8-24(32)17-28(27)38-12-4-5-26(19-38)39-29(30(33)34)23(20-40)18-35-39/h6-11,17-18,26,30,40H,4-5,12-16,19-21H2,1-3H3. The van der Waals surface area contributed by atoms with E-state index < -0.39 is 13.0 Å². The number of hydrogen-bond acceptors (Lipinski definition) is 5. The van der Waals surface area contributed by atoms with Crippen LogP contribution in [0.25, 0.3) is 11.1 Å². The third-order valence-corrected chi connectivity index (χ3v) is 8.18. The van der Waals surface area contributed by atoms with Crippen LogP contribution < -0.4 is 9.80 Å².